The second kappa shape index (κ2) is 5.54. The number of carbonyl (C=O) groups is 2. The number of benzene rings is 1. The highest BCUT2D eigenvalue weighted by molar-refractivity contribution is 6.30. The molecule has 1 saturated heterocycles. The zero-order chi connectivity index (χ0) is 14.0. The van der Waals surface area contributed by atoms with Crippen LogP contribution in [0, 0.1) is 11.7 Å². The number of carboxylic acids is 1. The Labute approximate surface area is 114 Å². The van der Waals surface area contributed by atoms with E-state index in [1.165, 1.54) is 12.1 Å². The zero-order valence-corrected chi connectivity index (χ0v) is 10.7. The molecular formula is C12H12ClFN2O3. The van der Waals surface area contributed by atoms with Crippen LogP contribution in [0.1, 0.15) is 0 Å². The van der Waals surface area contributed by atoms with Gasteiger partial charge >= 0.3 is 5.97 Å². The topological polar surface area (TPSA) is 69.6 Å². The van der Waals surface area contributed by atoms with Crippen molar-refractivity contribution in [3.8, 4) is 0 Å². The van der Waals surface area contributed by atoms with Crippen LogP contribution >= 0.6 is 11.6 Å². The van der Waals surface area contributed by atoms with Gasteiger partial charge in [0.1, 0.15) is 5.82 Å². The van der Waals surface area contributed by atoms with Crippen LogP contribution in [0.4, 0.5) is 10.1 Å². The Morgan fingerprint density at radius 3 is 2.74 bits per heavy atom. The van der Waals surface area contributed by atoms with E-state index >= 15 is 0 Å². The maximum Gasteiger partial charge on any atom is 0.309 e. The molecule has 0 unspecified atom stereocenters. The Balaban J connectivity index is 1.84. The number of nitrogens with one attached hydrogen (secondary N) is 1. The summed E-state index contributed by atoms with van der Waals surface area (Å²) < 4.78 is 13.4. The van der Waals surface area contributed by atoms with Gasteiger partial charge in [0.25, 0.3) is 0 Å². The highest BCUT2D eigenvalue weighted by Gasteiger charge is 2.33. The summed E-state index contributed by atoms with van der Waals surface area (Å²) in [6.45, 7) is 0.726. The third kappa shape index (κ3) is 3.42. The lowest BCUT2D eigenvalue weighted by atomic mass is 10.0. The van der Waals surface area contributed by atoms with Crippen molar-refractivity contribution in [2.75, 3.05) is 25.0 Å². The predicted molar refractivity (Wildman–Crippen MR) is 67.6 cm³/mol. The van der Waals surface area contributed by atoms with E-state index in [-0.39, 0.29) is 23.2 Å². The first kappa shape index (κ1) is 13.8. The molecule has 1 amide bonds. The minimum atomic E-state index is -0.861. The first-order valence-corrected chi connectivity index (χ1v) is 6.03. The third-order valence-corrected chi connectivity index (χ3v) is 3.11. The lowest BCUT2D eigenvalue weighted by Crippen LogP contribution is -2.52. The normalized spacial score (nSPS) is 15.9. The molecule has 1 heterocycles. The first-order chi connectivity index (χ1) is 8.95. The van der Waals surface area contributed by atoms with Crippen molar-refractivity contribution in [3.63, 3.8) is 0 Å². The minimum Gasteiger partial charge on any atom is -0.481 e. The second-order valence-corrected chi connectivity index (χ2v) is 4.84. The molecule has 0 atom stereocenters. The lowest BCUT2D eigenvalue weighted by Gasteiger charge is -2.35. The molecule has 0 saturated carbocycles. The molecule has 2 rings (SSSR count). The van der Waals surface area contributed by atoms with Crippen molar-refractivity contribution in [3.05, 3.63) is 29.0 Å². The number of hydrogen-bond donors (Lipinski definition) is 2. The monoisotopic (exact) mass is 286 g/mol. The van der Waals surface area contributed by atoms with Gasteiger partial charge in [0, 0.05) is 18.1 Å². The molecule has 1 fully saturated rings. The average Bonchev–Trinajstić information content (AvgIpc) is 2.26. The number of hydrogen-bond acceptors (Lipinski definition) is 3. The van der Waals surface area contributed by atoms with Crippen molar-refractivity contribution < 1.29 is 19.1 Å². The van der Waals surface area contributed by atoms with Gasteiger partial charge in [-0.25, -0.2) is 4.39 Å². The number of anilines is 1. The summed E-state index contributed by atoms with van der Waals surface area (Å²) in [6, 6.07) is 3.97. The van der Waals surface area contributed by atoms with Crippen LogP contribution in [0.2, 0.25) is 5.02 Å². The summed E-state index contributed by atoms with van der Waals surface area (Å²) in [5.41, 5.74) is 0.0599. The van der Waals surface area contributed by atoms with Crippen LogP contribution in [-0.2, 0) is 9.59 Å². The van der Waals surface area contributed by atoms with E-state index < -0.39 is 17.7 Å². The highest BCUT2D eigenvalue weighted by Crippen LogP contribution is 2.19. The van der Waals surface area contributed by atoms with Crippen LogP contribution < -0.4 is 5.32 Å². The van der Waals surface area contributed by atoms with Gasteiger partial charge in [0.15, 0.2) is 0 Å². The number of likely N-dealkylation sites (tertiary alicyclic amines) is 1. The molecule has 1 aliphatic rings. The number of aliphatic carboxylic acids is 1. The van der Waals surface area contributed by atoms with Gasteiger partial charge < -0.3 is 10.4 Å². The Bertz CT molecular complexity index is 518. The fourth-order valence-electron chi connectivity index (χ4n) is 1.84. The number of carboxylic acid groups (broad SMARTS) is 1. The smallest absolute Gasteiger partial charge is 0.309 e. The van der Waals surface area contributed by atoms with Gasteiger partial charge in [-0.15, -0.1) is 0 Å². The van der Waals surface area contributed by atoms with Crippen molar-refractivity contribution in [2.45, 2.75) is 0 Å². The predicted octanol–water partition coefficient (Wildman–Crippen LogP) is 1.43. The molecule has 5 nitrogen and oxygen atoms in total. The van der Waals surface area contributed by atoms with Crippen LogP contribution in [0.15, 0.2) is 18.2 Å². The molecule has 7 heteroatoms. The van der Waals surface area contributed by atoms with Gasteiger partial charge in [-0.2, -0.15) is 0 Å². The lowest BCUT2D eigenvalue weighted by molar-refractivity contribution is -0.148. The van der Waals surface area contributed by atoms with E-state index in [1.807, 2.05) is 0 Å². The van der Waals surface area contributed by atoms with Crippen molar-refractivity contribution >= 4 is 29.2 Å². The zero-order valence-electron chi connectivity index (χ0n) is 9.90. The Morgan fingerprint density at radius 1 is 1.47 bits per heavy atom. The molecule has 1 aliphatic heterocycles. The molecule has 0 radical (unpaired) electrons. The van der Waals surface area contributed by atoms with E-state index in [4.69, 9.17) is 16.7 Å². The Morgan fingerprint density at radius 2 is 2.16 bits per heavy atom. The molecule has 19 heavy (non-hydrogen) atoms. The maximum absolute atomic E-state index is 13.4. The highest BCUT2D eigenvalue weighted by atomic mass is 35.5. The van der Waals surface area contributed by atoms with Crippen LogP contribution in [0.5, 0.6) is 0 Å². The number of carbonyl (C=O) groups excluding carboxylic acids is 1. The van der Waals surface area contributed by atoms with E-state index in [0.29, 0.717) is 13.1 Å². The molecular weight excluding hydrogens is 275 g/mol. The van der Waals surface area contributed by atoms with Gasteiger partial charge in [-0.05, 0) is 18.2 Å². The molecule has 0 spiro atoms. The minimum absolute atomic E-state index is 0.0475. The molecule has 1 aromatic rings. The number of halogens is 2. The largest absolute Gasteiger partial charge is 0.481 e. The summed E-state index contributed by atoms with van der Waals surface area (Å²) in [5.74, 6) is -2.27. The van der Waals surface area contributed by atoms with Crippen molar-refractivity contribution in [1.29, 1.82) is 0 Å². The maximum atomic E-state index is 13.4. The Hall–Kier alpha value is -1.66. The first-order valence-electron chi connectivity index (χ1n) is 5.66. The second-order valence-electron chi connectivity index (χ2n) is 4.40. The van der Waals surface area contributed by atoms with Gasteiger partial charge in [-0.1, -0.05) is 11.6 Å². The average molecular weight is 287 g/mol. The van der Waals surface area contributed by atoms with Crippen LogP contribution in [0.3, 0.4) is 0 Å². The molecule has 102 valence electrons. The van der Waals surface area contributed by atoms with E-state index in [1.54, 1.807) is 4.90 Å². The van der Waals surface area contributed by atoms with Crippen LogP contribution in [-0.4, -0.2) is 41.5 Å². The summed E-state index contributed by atoms with van der Waals surface area (Å²) in [4.78, 5) is 23.9. The van der Waals surface area contributed by atoms with Crippen molar-refractivity contribution in [1.82, 2.24) is 4.90 Å². The van der Waals surface area contributed by atoms with E-state index in [9.17, 15) is 14.0 Å². The SMILES string of the molecule is O=C(CN1CC(C(=O)O)C1)Nc1ccc(Cl)cc1F. The summed E-state index contributed by atoms with van der Waals surface area (Å²) in [6.07, 6.45) is 0. The quantitative estimate of drug-likeness (QED) is 0.879. The standard InChI is InChI=1S/C12H12ClFN2O3/c13-8-1-2-10(9(14)3-8)15-11(17)6-16-4-7(5-16)12(18)19/h1-3,7H,4-6H2,(H,15,17)(H,18,19). The number of nitrogens with zero attached hydrogens (tertiary/aromatic N) is 1. The van der Waals surface area contributed by atoms with Crippen molar-refractivity contribution in [2.24, 2.45) is 5.92 Å². The number of rotatable bonds is 4. The third-order valence-electron chi connectivity index (χ3n) is 2.88. The Kier molecular flexibility index (Phi) is 4.01. The van der Waals surface area contributed by atoms with Gasteiger partial charge in [-0.3, -0.25) is 14.5 Å². The summed E-state index contributed by atoms with van der Waals surface area (Å²) in [7, 11) is 0. The molecule has 0 bridgehead atoms. The fourth-order valence-corrected chi connectivity index (χ4v) is 2.00. The van der Waals surface area contributed by atoms with E-state index in [0.717, 1.165) is 6.07 Å². The molecule has 2 N–H and O–H groups in total. The molecule has 0 aromatic heterocycles. The van der Waals surface area contributed by atoms with E-state index in [2.05, 4.69) is 5.32 Å². The van der Waals surface area contributed by atoms with Gasteiger partial charge in [0.2, 0.25) is 5.91 Å². The van der Waals surface area contributed by atoms with Crippen LogP contribution in [0.25, 0.3) is 0 Å². The summed E-state index contributed by atoms with van der Waals surface area (Å²) in [5, 5.41) is 11.4. The number of amides is 1. The molecule has 0 aliphatic carbocycles. The van der Waals surface area contributed by atoms with Gasteiger partial charge in [0.05, 0.1) is 18.2 Å². The fraction of sp³-hybridized carbons (Fsp3) is 0.333. The summed E-state index contributed by atoms with van der Waals surface area (Å²) >= 11 is 5.60. The molecule has 1 aromatic carbocycles.